The average molecular weight is 572 g/mol. The van der Waals surface area contributed by atoms with Gasteiger partial charge >= 0.3 is 12.2 Å². The highest BCUT2D eigenvalue weighted by molar-refractivity contribution is 5.91. The SMILES string of the molecule is CCCCCCCCCCCCCCCCCCNC(=O)OCC(COC(=O)NC(=O)CCCCN(C)C)OC. The second kappa shape index (κ2) is 28.7. The lowest BCUT2D eigenvalue weighted by atomic mass is 10.0. The second-order valence-corrected chi connectivity index (χ2v) is 11.1. The summed E-state index contributed by atoms with van der Waals surface area (Å²) in [5, 5.41) is 4.95. The molecule has 0 aliphatic carbocycles. The van der Waals surface area contributed by atoms with E-state index in [0.717, 1.165) is 25.8 Å². The van der Waals surface area contributed by atoms with Crippen LogP contribution in [0.15, 0.2) is 0 Å². The minimum absolute atomic E-state index is 0.0486. The number of hydrogen-bond acceptors (Lipinski definition) is 7. The van der Waals surface area contributed by atoms with E-state index in [9.17, 15) is 14.4 Å². The third kappa shape index (κ3) is 27.7. The lowest BCUT2D eigenvalue weighted by molar-refractivity contribution is -0.120. The van der Waals surface area contributed by atoms with E-state index in [4.69, 9.17) is 14.2 Å². The largest absolute Gasteiger partial charge is 0.447 e. The van der Waals surface area contributed by atoms with E-state index in [2.05, 4.69) is 17.6 Å². The number of unbranched alkanes of at least 4 members (excludes halogenated alkanes) is 16. The number of hydrogen-bond donors (Lipinski definition) is 2. The molecule has 0 radical (unpaired) electrons. The van der Waals surface area contributed by atoms with Gasteiger partial charge in [0, 0.05) is 20.1 Å². The first-order chi connectivity index (χ1) is 19.4. The molecule has 0 aromatic rings. The number of alkyl carbamates (subject to hydrolysis) is 2. The molecule has 0 rings (SSSR count). The molecular formula is C31H61N3O6. The van der Waals surface area contributed by atoms with E-state index in [0.29, 0.717) is 13.0 Å². The Morgan fingerprint density at radius 3 is 1.60 bits per heavy atom. The molecule has 1 atom stereocenters. The Kier molecular flexibility index (Phi) is 27.3. The number of carbonyl (C=O) groups excluding carboxylic acids is 3. The Hall–Kier alpha value is -1.87. The monoisotopic (exact) mass is 571 g/mol. The Balaban J connectivity index is 3.58. The highest BCUT2D eigenvalue weighted by atomic mass is 16.6. The van der Waals surface area contributed by atoms with Gasteiger partial charge in [0.25, 0.3) is 0 Å². The molecule has 40 heavy (non-hydrogen) atoms. The summed E-state index contributed by atoms with van der Waals surface area (Å²) in [5.41, 5.74) is 0. The summed E-state index contributed by atoms with van der Waals surface area (Å²) < 4.78 is 15.4. The van der Waals surface area contributed by atoms with Gasteiger partial charge in [-0.25, -0.2) is 9.59 Å². The predicted octanol–water partition coefficient (Wildman–Crippen LogP) is 6.97. The maximum Gasteiger partial charge on any atom is 0.413 e. The number of nitrogens with one attached hydrogen (secondary N) is 2. The molecule has 0 fully saturated rings. The molecular weight excluding hydrogens is 510 g/mol. The minimum Gasteiger partial charge on any atom is -0.447 e. The van der Waals surface area contributed by atoms with Crippen LogP contribution in [-0.4, -0.2) is 76.6 Å². The van der Waals surface area contributed by atoms with E-state index in [-0.39, 0.29) is 25.5 Å². The van der Waals surface area contributed by atoms with Gasteiger partial charge < -0.3 is 24.4 Å². The first-order valence-corrected chi connectivity index (χ1v) is 15.9. The fourth-order valence-corrected chi connectivity index (χ4v) is 4.36. The molecule has 0 heterocycles. The van der Waals surface area contributed by atoms with Crippen LogP contribution in [0.1, 0.15) is 129 Å². The van der Waals surface area contributed by atoms with Crippen molar-refractivity contribution in [2.24, 2.45) is 0 Å². The molecule has 0 saturated carbocycles. The van der Waals surface area contributed by atoms with Crippen LogP contribution >= 0.6 is 0 Å². The van der Waals surface area contributed by atoms with E-state index in [1.807, 2.05) is 19.0 Å². The van der Waals surface area contributed by atoms with Gasteiger partial charge in [-0.2, -0.15) is 0 Å². The van der Waals surface area contributed by atoms with Crippen LogP contribution in [0.5, 0.6) is 0 Å². The van der Waals surface area contributed by atoms with Crippen molar-refractivity contribution in [1.29, 1.82) is 0 Å². The summed E-state index contributed by atoms with van der Waals surface area (Å²) in [4.78, 5) is 37.5. The van der Waals surface area contributed by atoms with E-state index >= 15 is 0 Å². The van der Waals surface area contributed by atoms with Crippen molar-refractivity contribution >= 4 is 18.1 Å². The molecule has 3 amide bonds. The summed E-state index contributed by atoms with van der Waals surface area (Å²) in [6.07, 6.45) is 20.9. The average Bonchev–Trinajstić information content (AvgIpc) is 2.92. The zero-order valence-electron chi connectivity index (χ0n) is 26.2. The zero-order valence-corrected chi connectivity index (χ0v) is 26.2. The van der Waals surface area contributed by atoms with Crippen molar-refractivity contribution in [2.75, 3.05) is 47.5 Å². The van der Waals surface area contributed by atoms with E-state index in [1.54, 1.807) is 0 Å². The normalized spacial score (nSPS) is 11.8. The second-order valence-electron chi connectivity index (χ2n) is 11.1. The fraction of sp³-hybridized carbons (Fsp3) is 0.903. The number of methoxy groups -OCH3 is 1. The van der Waals surface area contributed by atoms with E-state index < -0.39 is 18.3 Å². The summed E-state index contributed by atoms with van der Waals surface area (Å²) in [5.74, 6) is -0.373. The third-order valence-electron chi connectivity index (χ3n) is 6.93. The van der Waals surface area contributed by atoms with Gasteiger partial charge in [0.2, 0.25) is 5.91 Å². The zero-order chi connectivity index (χ0) is 29.7. The van der Waals surface area contributed by atoms with Crippen LogP contribution in [-0.2, 0) is 19.0 Å². The van der Waals surface area contributed by atoms with Crippen molar-refractivity contribution in [3.05, 3.63) is 0 Å². The Bertz CT molecular complexity index is 618. The molecule has 0 bridgehead atoms. The van der Waals surface area contributed by atoms with Crippen molar-refractivity contribution in [1.82, 2.24) is 15.5 Å². The van der Waals surface area contributed by atoms with Crippen LogP contribution in [0.2, 0.25) is 0 Å². The van der Waals surface area contributed by atoms with Gasteiger partial charge in [0.1, 0.15) is 19.3 Å². The van der Waals surface area contributed by atoms with Crippen molar-refractivity contribution in [3.8, 4) is 0 Å². The molecule has 0 saturated heterocycles. The molecule has 0 aromatic carbocycles. The van der Waals surface area contributed by atoms with E-state index in [1.165, 1.54) is 97.0 Å². The first-order valence-electron chi connectivity index (χ1n) is 15.9. The van der Waals surface area contributed by atoms with Crippen LogP contribution in [0, 0.1) is 0 Å². The molecule has 0 aliphatic heterocycles. The van der Waals surface area contributed by atoms with Crippen LogP contribution < -0.4 is 10.6 Å². The fourth-order valence-electron chi connectivity index (χ4n) is 4.36. The summed E-state index contributed by atoms with van der Waals surface area (Å²) in [6, 6.07) is 0. The molecule has 0 aromatic heterocycles. The van der Waals surface area contributed by atoms with Crippen molar-refractivity contribution in [3.63, 3.8) is 0 Å². The third-order valence-corrected chi connectivity index (χ3v) is 6.93. The molecule has 0 aliphatic rings. The van der Waals surface area contributed by atoms with Crippen molar-refractivity contribution in [2.45, 2.75) is 135 Å². The highest BCUT2D eigenvalue weighted by Gasteiger charge is 2.15. The summed E-state index contributed by atoms with van der Waals surface area (Å²) in [6.45, 7) is 3.56. The Labute approximate surface area is 244 Å². The van der Waals surface area contributed by atoms with Gasteiger partial charge in [0.15, 0.2) is 0 Å². The summed E-state index contributed by atoms with van der Waals surface area (Å²) >= 11 is 0. The van der Waals surface area contributed by atoms with Crippen molar-refractivity contribution < 1.29 is 28.6 Å². The quantitative estimate of drug-likeness (QED) is 0.103. The summed E-state index contributed by atoms with van der Waals surface area (Å²) in [7, 11) is 5.39. The number of carbonyl (C=O) groups is 3. The lowest BCUT2D eigenvalue weighted by Gasteiger charge is -2.16. The van der Waals surface area contributed by atoms with Gasteiger partial charge in [-0.05, 0) is 39.9 Å². The van der Waals surface area contributed by atoms with Gasteiger partial charge in [-0.3, -0.25) is 10.1 Å². The molecule has 2 N–H and O–H groups in total. The standard InChI is InChI=1S/C31H61N3O6/c1-5-6-7-8-9-10-11-12-13-14-15-16-17-18-19-21-24-32-30(36)39-26-28(38-4)27-40-31(37)33-29(35)23-20-22-25-34(2)3/h28H,5-27H2,1-4H3,(H,32,36)(H,33,35,37). The first kappa shape index (κ1) is 38.1. The predicted molar refractivity (Wildman–Crippen MR) is 162 cm³/mol. The van der Waals surface area contributed by atoms with Gasteiger partial charge in [-0.1, -0.05) is 103 Å². The highest BCUT2D eigenvalue weighted by Crippen LogP contribution is 2.13. The Morgan fingerprint density at radius 1 is 0.650 bits per heavy atom. The molecule has 236 valence electrons. The number of rotatable bonds is 27. The van der Waals surface area contributed by atoms with Gasteiger partial charge in [-0.15, -0.1) is 0 Å². The topological polar surface area (TPSA) is 106 Å². The molecule has 0 spiro atoms. The molecule has 9 nitrogen and oxygen atoms in total. The number of ether oxygens (including phenoxy) is 3. The maximum atomic E-state index is 11.9. The maximum absolute atomic E-state index is 11.9. The number of amides is 3. The Morgan fingerprint density at radius 2 is 1.12 bits per heavy atom. The molecule has 9 heteroatoms. The number of imide groups is 1. The minimum atomic E-state index is -0.826. The van der Waals surface area contributed by atoms with Crippen LogP contribution in [0.25, 0.3) is 0 Å². The van der Waals surface area contributed by atoms with Crippen LogP contribution in [0.3, 0.4) is 0 Å². The lowest BCUT2D eigenvalue weighted by Crippen LogP contribution is -2.35. The smallest absolute Gasteiger partial charge is 0.413 e. The number of nitrogens with zero attached hydrogens (tertiary/aromatic N) is 1. The molecule has 1 unspecified atom stereocenters. The van der Waals surface area contributed by atoms with Gasteiger partial charge in [0.05, 0.1) is 0 Å². The van der Waals surface area contributed by atoms with Crippen LogP contribution in [0.4, 0.5) is 9.59 Å².